The van der Waals surface area contributed by atoms with Crippen LogP contribution >= 0.6 is 7.60 Å². The lowest BCUT2D eigenvalue weighted by molar-refractivity contribution is 0.301. The van der Waals surface area contributed by atoms with Crippen LogP contribution in [0.1, 0.15) is 0 Å². The molecule has 0 rings (SSSR count). The van der Waals surface area contributed by atoms with Gasteiger partial charge in [0.2, 0.25) is 0 Å². The molecule has 0 aliphatic carbocycles. The van der Waals surface area contributed by atoms with E-state index in [4.69, 9.17) is 9.79 Å². The summed E-state index contributed by atoms with van der Waals surface area (Å²) in [7, 11) is -8.69. The molecule has 0 atom stereocenters. The quantitative estimate of drug-likeness (QED) is 0.458. The van der Waals surface area contributed by atoms with Crippen LogP contribution in [0.5, 0.6) is 0 Å². The smallest absolute Gasteiger partial charge is 0.323 e. The van der Waals surface area contributed by atoms with Crippen molar-refractivity contribution in [3.63, 3.8) is 0 Å². The molecule has 0 radical (unpaired) electrons. The zero-order valence-electron chi connectivity index (χ0n) is 4.67. The Hall–Kier alpha value is 0.0200. The summed E-state index contributed by atoms with van der Waals surface area (Å²) in [5.74, 6) is 0. The SMILES string of the molecule is NS(=O)(=O)OCP(=O)(O)O. The molecule has 0 aromatic carbocycles. The van der Waals surface area contributed by atoms with Crippen molar-refractivity contribution in [2.75, 3.05) is 6.35 Å². The summed E-state index contributed by atoms with van der Waals surface area (Å²) in [5.41, 5.74) is 0. The van der Waals surface area contributed by atoms with Crippen LogP contribution in [-0.2, 0) is 19.1 Å². The molecule has 9 heteroatoms. The Morgan fingerprint density at radius 3 is 2.00 bits per heavy atom. The van der Waals surface area contributed by atoms with E-state index >= 15 is 0 Å². The van der Waals surface area contributed by atoms with Crippen molar-refractivity contribution >= 4 is 17.9 Å². The lowest BCUT2D eigenvalue weighted by Gasteiger charge is -2.01. The van der Waals surface area contributed by atoms with Gasteiger partial charge in [-0.1, -0.05) is 0 Å². The van der Waals surface area contributed by atoms with E-state index in [1.807, 2.05) is 0 Å². The van der Waals surface area contributed by atoms with E-state index in [0.717, 1.165) is 0 Å². The normalized spacial score (nSPS) is 13.5. The molecule has 0 fully saturated rings. The van der Waals surface area contributed by atoms with Crippen molar-refractivity contribution in [1.29, 1.82) is 0 Å². The first-order chi connectivity index (χ1) is 4.21. The van der Waals surface area contributed by atoms with E-state index in [-0.39, 0.29) is 0 Å². The molecule has 0 aliphatic rings. The van der Waals surface area contributed by atoms with E-state index in [1.165, 1.54) is 0 Å². The fourth-order valence-corrected chi connectivity index (χ4v) is 1.28. The van der Waals surface area contributed by atoms with Gasteiger partial charge in [0.1, 0.15) is 0 Å². The minimum absolute atomic E-state index is 1.22. The van der Waals surface area contributed by atoms with Crippen molar-refractivity contribution < 1.29 is 27.0 Å². The molecular formula is CH6NO6PS. The molecule has 0 aliphatic heterocycles. The molecule has 4 N–H and O–H groups in total. The van der Waals surface area contributed by atoms with E-state index in [9.17, 15) is 13.0 Å². The number of rotatable bonds is 3. The van der Waals surface area contributed by atoms with Crippen molar-refractivity contribution in [3.8, 4) is 0 Å². The Morgan fingerprint density at radius 1 is 1.50 bits per heavy atom. The minimum Gasteiger partial charge on any atom is -0.323 e. The van der Waals surface area contributed by atoms with Crippen LogP contribution in [0.4, 0.5) is 0 Å². The maximum absolute atomic E-state index is 9.93. The molecular weight excluding hydrogens is 185 g/mol. The van der Waals surface area contributed by atoms with Crippen molar-refractivity contribution in [2.24, 2.45) is 5.14 Å². The maximum atomic E-state index is 9.93. The number of nitrogens with two attached hydrogens (primary N) is 1. The summed E-state index contributed by atoms with van der Waals surface area (Å²) in [6, 6.07) is 0. The second kappa shape index (κ2) is 2.95. The first-order valence-corrected chi connectivity index (χ1v) is 5.19. The molecule has 0 amide bonds. The standard InChI is InChI=1S/CH6NO6PS/c2-10(6,7)8-1-9(3,4)5/h1H2,(H2,2,6,7)(H2,3,4,5). The van der Waals surface area contributed by atoms with Crippen LogP contribution in [0.3, 0.4) is 0 Å². The highest BCUT2D eigenvalue weighted by Gasteiger charge is 2.16. The first kappa shape index (κ1) is 10.0. The van der Waals surface area contributed by atoms with E-state index in [1.54, 1.807) is 0 Å². The van der Waals surface area contributed by atoms with Gasteiger partial charge in [0, 0.05) is 0 Å². The van der Waals surface area contributed by atoms with Crippen LogP contribution in [0.25, 0.3) is 0 Å². The maximum Gasteiger partial charge on any atom is 0.352 e. The average molecular weight is 191 g/mol. The molecule has 10 heavy (non-hydrogen) atoms. The van der Waals surface area contributed by atoms with Gasteiger partial charge in [-0.05, 0) is 0 Å². The summed E-state index contributed by atoms with van der Waals surface area (Å²) < 4.78 is 33.3. The summed E-state index contributed by atoms with van der Waals surface area (Å²) in [6.45, 7) is 0. The third kappa shape index (κ3) is 8.02. The average Bonchev–Trinajstić information content (AvgIpc) is 1.57. The second-order valence-corrected chi connectivity index (χ2v) is 4.21. The Bertz CT molecular complexity index is 236. The third-order valence-electron chi connectivity index (χ3n) is 0.385. The Kier molecular flexibility index (Phi) is 2.96. The van der Waals surface area contributed by atoms with Gasteiger partial charge in [-0.25, -0.2) is 9.32 Å². The summed E-state index contributed by atoms with van der Waals surface area (Å²) >= 11 is 0. The van der Waals surface area contributed by atoms with Crippen LogP contribution < -0.4 is 5.14 Å². The molecule has 0 heterocycles. The molecule has 0 aromatic heterocycles. The van der Waals surface area contributed by atoms with E-state index < -0.39 is 24.2 Å². The van der Waals surface area contributed by atoms with Gasteiger partial charge in [-0.2, -0.15) is 8.42 Å². The van der Waals surface area contributed by atoms with Crippen LogP contribution in [0, 0.1) is 0 Å². The molecule has 0 unspecified atom stereocenters. The van der Waals surface area contributed by atoms with Crippen molar-refractivity contribution in [1.82, 2.24) is 0 Å². The van der Waals surface area contributed by atoms with Crippen molar-refractivity contribution in [3.05, 3.63) is 0 Å². The van der Waals surface area contributed by atoms with Gasteiger partial charge >= 0.3 is 17.9 Å². The number of hydrogen-bond acceptors (Lipinski definition) is 4. The first-order valence-electron chi connectivity index (χ1n) is 1.92. The van der Waals surface area contributed by atoms with E-state index in [2.05, 4.69) is 9.32 Å². The Morgan fingerprint density at radius 2 is 1.90 bits per heavy atom. The van der Waals surface area contributed by atoms with Crippen LogP contribution in [0.15, 0.2) is 0 Å². The number of hydrogen-bond donors (Lipinski definition) is 3. The predicted molar refractivity (Wildman–Crippen MR) is 31.1 cm³/mol. The largest absolute Gasteiger partial charge is 0.352 e. The van der Waals surface area contributed by atoms with E-state index in [0.29, 0.717) is 0 Å². The second-order valence-electron chi connectivity index (χ2n) is 1.40. The van der Waals surface area contributed by atoms with Gasteiger partial charge in [-0.3, -0.25) is 4.57 Å². The molecule has 0 saturated heterocycles. The molecule has 7 nitrogen and oxygen atoms in total. The highest BCUT2D eigenvalue weighted by Crippen LogP contribution is 2.34. The van der Waals surface area contributed by atoms with Gasteiger partial charge in [0.05, 0.1) is 0 Å². The molecule has 0 saturated carbocycles. The Balaban J connectivity index is 3.92. The molecule has 0 aromatic rings. The van der Waals surface area contributed by atoms with Gasteiger partial charge in [0.15, 0.2) is 6.35 Å². The monoisotopic (exact) mass is 191 g/mol. The third-order valence-corrected chi connectivity index (χ3v) is 1.47. The van der Waals surface area contributed by atoms with Crippen LogP contribution in [-0.4, -0.2) is 24.6 Å². The molecule has 62 valence electrons. The lowest BCUT2D eigenvalue weighted by atomic mass is 11.7. The molecule has 0 spiro atoms. The highest BCUT2D eigenvalue weighted by molar-refractivity contribution is 7.84. The van der Waals surface area contributed by atoms with Gasteiger partial charge in [-0.15, -0.1) is 0 Å². The molecule has 0 bridgehead atoms. The summed E-state index contributed by atoms with van der Waals surface area (Å²) in [5, 5.41) is 4.25. The zero-order valence-corrected chi connectivity index (χ0v) is 6.38. The van der Waals surface area contributed by atoms with Crippen LogP contribution in [0.2, 0.25) is 0 Å². The van der Waals surface area contributed by atoms with Gasteiger partial charge < -0.3 is 9.79 Å². The fraction of sp³-hybridized carbons (Fsp3) is 1.00. The summed E-state index contributed by atoms with van der Waals surface area (Å²) in [6.07, 6.45) is -1.22. The summed E-state index contributed by atoms with van der Waals surface area (Å²) in [4.78, 5) is 16.1. The minimum atomic E-state index is -4.44. The highest BCUT2D eigenvalue weighted by atomic mass is 32.2. The lowest BCUT2D eigenvalue weighted by Crippen LogP contribution is -2.16. The topological polar surface area (TPSA) is 127 Å². The predicted octanol–water partition coefficient (Wildman–Crippen LogP) is -1.66. The zero-order chi connectivity index (χ0) is 8.41. The van der Waals surface area contributed by atoms with Gasteiger partial charge in [0.25, 0.3) is 0 Å². The van der Waals surface area contributed by atoms with Crippen molar-refractivity contribution in [2.45, 2.75) is 0 Å². The Labute approximate surface area is 57.2 Å². The fourth-order valence-electron chi connectivity index (χ4n) is 0.142.